The van der Waals surface area contributed by atoms with Crippen molar-refractivity contribution in [3.63, 3.8) is 0 Å². The molecule has 1 aromatic rings. The number of hydrogen-bond acceptors (Lipinski definition) is 5. The number of alkyl halides is 3. The van der Waals surface area contributed by atoms with Crippen molar-refractivity contribution in [3.8, 4) is 0 Å². The average Bonchev–Trinajstić information content (AvgIpc) is 2.48. The normalized spacial score (nSPS) is 19.0. The third-order valence-electron chi connectivity index (χ3n) is 3.00. The van der Waals surface area contributed by atoms with Crippen molar-refractivity contribution in [1.29, 1.82) is 0 Å². The largest absolute Gasteiger partial charge is 0.451 e. The molecule has 1 N–H and O–H groups in total. The van der Waals surface area contributed by atoms with E-state index in [4.69, 9.17) is 4.74 Å². The van der Waals surface area contributed by atoms with Gasteiger partial charge in [0.15, 0.2) is 0 Å². The average molecular weight is 335 g/mol. The number of nitrogens with zero attached hydrogens (tertiary/aromatic N) is 2. The first-order valence-electron chi connectivity index (χ1n) is 6.83. The highest BCUT2D eigenvalue weighted by Gasteiger charge is 2.34. The Balaban J connectivity index is 1.72. The Bertz CT molecular complexity index is 490. The van der Waals surface area contributed by atoms with E-state index in [0.717, 1.165) is 44.0 Å². The molecule has 2 rings (SSSR count). The minimum Gasteiger partial charge on any atom is -0.377 e. The van der Waals surface area contributed by atoms with Gasteiger partial charge in [0.05, 0.1) is 29.9 Å². The van der Waals surface area contributed by atoms with Crippen molar-refractivity contribution in [2.24, 2.45) is 0 Å². The van der Waals surface area contributed by atoms with Crippen molar-refractivity contribution in [2.75, 3.05) is 23.4 Å². The predicted octanol–water partition coefficient (Wildman–Crippen LogP) is 2.74. The minimum absolute atomic E-state index is 0.146. The van der Waals surface area contributed by atoms with E-state index in [1.165, 1.54) is 11.8 Å². The maximum atomic E-state index is 12.3. The van der Waals surface area contributed by atoms with Crippen LogP contribution in [0.3, 0.4) is 0 Å². The molecular formula is C13H16F3N3O2S. The summed E-state index contributed by atoms with van der Waals surface area (Å²) in [6.45, 7) is 0.764. The Labute approximate surface area is 130 Å². The molecule has 0 aromatic carbocycles. The number of hydrogen-bond donors (Lipinski definition) is 1. The molecule has 1 amide bonds. The highest BCUT2D eigenvalue weighted by atomic mass is 32.2. The Hall–Kier alpha value is -1.35. The Morgan fingerprint density at radius 2 is 2.09 bits per heavy atom. The van der Waals surface area contributed by atoms with Crippen LogP contribution in [-0.2, 0) is 15.7 Å². The summed E-state index contributed by atoms with van der Waals surface area (Å²) in [5, 5.41) is 2.47. The number of rotatable bonds is 5. The molecule has 9 heteroatoms. The molecule has 1 unspecified atom stereocenters. The van der Waals surface area contributed by atoms with Crippen LogP contribution in [0.2, 0.25) is 0 Å². The Kier molecular flexibility index (Phi) is 6.01. The van der Waals surface area contributed by atoms with Gasteiger partial charge >= 0.3 is 6.18 Å². The molecule has 0 aliphatic carbocycles. The topological polar surface area (TPSA) is 64.1 Å². The fraction of sp³-hybridized carbons (Fsp3) is 0.615. The van der Waals surface area contributed by atoms with E-state index in [2.05, 4.69) is 15.3 Å². The second-order valence-corrected chi connectivity index (χ2v) is 5.88. The molecule has 0 bridgehead atoms. The SMILES string of the molecule is O=C(CSCC1CCCCO1)Nc1cnc(C(F)(F)F)nc1. The minimum atomic E-state index is -4.58. The van der Waals surface area contributed by atoms with E-state index >= 15 is 0 Å². The number of carbonyl (C=O) groups excluding carboxylic acids is 1. The van der Waals surface area contributed by atoms with Crippen molar-refractivity contribution in [3.05, 3.63) is 18.2 Å². The van der Waals surface area contributed by atoms with Gasteiger partial charge in [0.25, 0.3) is 0 Å². The first-order valence-corrected chi connectivity index (χ1v) is 7.99. The van der Waals surface area contributed by atoms with Crippen LogP contribution >= 0.6 is 11.8 Å². The standard InChI is InChI=1S/C13H16F3N3O2S/c14-13(15,16)12-17-5-9(6-18-12)19-11(20)8-22-7-10-3-1-2-4-21-10/h5-6,10H,1-4,7-8H2,(H,19,20). The van der Waals surface area contributed by atoms with Gasteiger partial charge in [-0.1, -0.05) is 0 Å². The first-order chi connectivity index (χ1) is 10.4. The number of nitrogens with one attached hydrogen (secondary N) is 1. The van der Waals surface area contributed by atoms with Crippen LogP contribution < -0.4 is 5.32 Å². The molecule has 1 fully saturated rings. The summed E-state index contributed by atoms with van der Waals surface area (Å²) in [7, 11) is 0. The lowest BCUT2D eigenvalue weighted by molar-refractivity contribution is -0.144. The van der Waals surface area contributed by atoms with Crippen molar-refractivity contribution >= 4 is 23.4 Å². The summed E-state index contributed by atoms with van der Waals surface area (Å²) >= 11 is 1.44. The van der Waals surface area contributed by atoms with Crippen LogP contribution in [0.5, 0.6) is 0 Å². The zero-order chi connectivity index (χ0) is 16.0. The molecule has 1 aromatic heterocycles. The molecule has 5 nitrogen and oxygen atoms in total. The number of ether oxygens (including phenoxy) is 1. The van der Waals surface area contributed by atoms with Crippen LogP contribution in [0.1, 0.15) is 25.1 Å². The number of thioether (sulfide) groups is 1. The molecule has 0 radical (unpaired) electrons. The van der Waals surface area contributed by atoms with Gasteiger partial charge in [0.2, 0.25) is 11.7 Å². The highest BCUT2D eigenvalue weighted by Crippen LogP contribution is 2.25. The fourth-order valence-electron chi connectivity index (χ4n) is 1.96. The molecule has 1 atom stereocenters. The smallest absolute Gasteiger partial charge is 0.377 e. The molecule has 2 heterocycles. The zero-order valence-corrected chi connectivity index (χ0v) is 12.5. The summed E-state index contributed by atoms with van der Waals surface area (Å²) in [5.74, 6) is -0.587. The molecule has 22 heavy (non-hydrogen) atoms. The number of carbonyl (C=O) groups is 1. The molecule has 1 aliphatic heterocycles. The second kappa shape index (κ2) is 7.77. The summed E-state index contributed by atoms with van der Waals surface area (Å²) in [4.78, 5) is 18.0. The fourth-order valence-corrected chi connectivity index (χ4v) is 2.86. The third-order valence-corrected chi connectivity index (χ3v) is 4.07. The van der Waals surface area contributed by atoms with E-state index < -0.39 is 12.0 Å². The van der Waals surface area contributed by atoms with E-state index in [-0.39, 0.29) is 23.5 Å². The van der Waals surface area contributed by atoms with Gasteiger partial charge in [0, 0.05) is 12.4 Å². The van der Waals surface area contributed by atoms with Crippen LogP contribution in [0, 0.1) is 0 Å². The number of anilines is 1. The lowest BCUT2D eigenvalue weighted by Crippen LogP contribution is -2.23. The quantitative estimate of drug-likeness (QED) is 0.896. The lowest BCUT2D eigenvalue weighted by atomic mass is 10.1. The van der Waals surface area contributed by atoms with E-state index in [0.29, 0.717) is 0 Å². The van der Waals surface area contributed by atoms with Crippen molar-refractivity contribution in [2.45, 2.75) is 31.5 Å². The molecule has 122 valence electrons. The summed E-state index contributed by atoms with van der Waals surface area (Å²) < 4.78 is 42.4. The van der Waals surface area contributed by atoms with Gasteiger partial charge in [-0.2, -0.15) is 13.2 Å². The number of amides is 1. The van der Waals surface area contributed by atoms with Gasteiger partial charge in [-0.15, -0.1) is 11.8 Å². The van der Waals surface area contributed by atoms with Crippen LogP contribution in [0.15, 0.2) is 12.4 Å². The maximum Gasteiger partial charge on any atom is 0.451 e. The van der Waals surface area contributed by atoms with Crippen molar-refractivity contribution < 1.29 is 22.7 Å². The first kappa shape index (κ1) is 17.0. The van der Waals surface area contributed by atoms with Gasteiger partial charge in [-0.3, -0.25) is 4.79 Å². The molecule has 0 spiro atoms. The predicted molar refractivity (Wildman–Crippen MR) is 76.6 cm³/mol. The molecule has 1 saturated heterocycles. The van der Waals surface area contributed by atoms with Gasteiger partial charge in [-0.25, -0.2) is 9.97 Å². The third kappa shape index (κ3) is 5.45. The number of aromatic nitrogens is 2. The van der Waals surface area contributed by atoms with Gasteiger partial charge in [0.1, 0.15) is 0 Å². The lowest BCUT2D eigenvalue weighted by Gasteiger charge is -2.21. The second-order valence-electron chi connectivity index (χ2n) is 4.84. The van der Waals surface area contributed by atoms with Gasteiger partial charge < -0.3 is 10.1 Å². The molecular weight excluding hydrogens is 319 g/mol. The van der Waals surface area contributed by atoms with Crippen LogP contribution in [0.4, 0.5) is 18.9 Å². The molecule has 0 saturated carbocycles. The zero-order valence-electron chi connectivity index (χ0n) is 11.7. The van der Waals surface area contributed by atoms with Crippen LogP contribution in [0.25, 0.3) is 0 Å². The van der Waals surface area contributed by atoms with E-state index in [1.54, 1.807) is 0 Å². The van der Waals surface area contributed by atoms with Crippen molar-refractivity contribution in [1.82, 2.24) is 9.97 Å². The molecule has 1 aliphatic rings. The van der Waals surface area contributed by atoms with Crippen LogP contribution in [-0.4, -0.2) is 40.1 Å². The highest BCUT2D eigenvalue weighted by molar-refractivity contribution is 8.00. The Morgan fingerprint density at radius 1 is 1.36 bits per heavy atom. The number of halogens is 3. The maximum absolute atomic E-state index is 12.3. The monoisotopic (exact) mass is 335 g/mol. The summed E-state index contributed by atoms with van der Waals surface area (Å²) in [6.07, 6.45) is 0.710. The Morgan fingerprint density at radius 3 is 2.68 bits per heavy atom. The van der Waals surface area contributed by atoms with E-state index in [9.17, 15) is 18.0 Å². The van der Waals surface area contributed by atoms with E-state index in [1.807, 2.05) is 0 Å². The van der Waals surface area contributed by atoms with Gasteiger partial charge in [-0.05, 0) is 19.3 Å². The summed E-state index contributed by atoms with van der Waals surface area (Å²) in [5.41, 5.74) is 0.146. The summed E-state index contributed by atoms with van der Waals surface area (Å²) in [6, 6.07) is 0.